The Hall–Kier alpha value is -2.15. The zero-order valence-corrected chi connectivity index (χ0v) is 13.4. The summed E-state index contributed by atoms with van der Waals surface area (Å²) in [7, 11) is 1.71. The zero-order valence-electron chi connectivity index (χ0n) is 13.4. The lowest BCUT2D eigenvalue weighted by molar-refractivity contribution is 0.239. The van der Waals surface area contributed by atoms with E-state index in [2.05, 4.69) is 37.5 Å². The third-order valence-corrected chi connectivity index (χ3v) is 4.61. The maximum absolute atomic E-state index is 5.32. The van der Waals surface area contributed by atoms with Crippen LogP contribution in [0.5, 0.6) is 5.75 Å². The highest BCUT2D eigenvalue weighted by Crippen LogP contribution is 2.34. The van der Waals surface area contributed by atoms with Crippen LogP contribution in [0.25, 0.3) is 0 Å². The summed E-state index contributed by atoms with van der Waals surface area (Å²) in [5.74, 6) is 1.91. The molecule has 2 aliphatic rings. The topological polar surface area (TPSA) is 59.3 Å². The maximum atomic E-state index is 5.32. The van der Waals surface area contributed by atoms with Gasteiger partial charge in [-0.15, -0.1) is 5.10 Å². The summed E-state index contributed by atoms with van der Waals surface area (Å²) in [5.41, 5.74) is 1.23. The van der Waals surface area contributed by atoms with Crippen LogP contribution in [0.2, 0.25) is 0 Å². The molecule has 0 bridgehead atoms. The summed E-state index contributed by atoms with van der Waals surface area (Å²) in [6.45, 7) is 4.91. The van der Waals surface area contributed by atoms with Crippen molar-refractivity contribution in [2.75, 3.05) is 38.2 Å². The van der Waals surface area contributed by atoms with Crippen molar-refractivity contribution < 1.29 is 4.74 Å². The van der Waals surface area contributed by atoms with Crippen molar-refractivity contribution in [3.63, 3.8) is 0 Å². The van der Waals surface area contributed by atoms with Crippen LogP contribution in [0.4, 0.5) is 5.69 Å². The number of hydrogen-bond acceptors (Lipinski definition) is 6. The van der Waals surface area contributed by atoms with Gasteiger partial charge in [0.25, 0.3) is 0 Å². The molecule has 1 aliphatic heterocycles. The lowest BCUT2D eigenvalue weighted by Crippen LogP contribution is -2.46. The molecule has 1 aliphatic carbocycles. The summed E-state index contributed by atoms with van der Waals surface area (Å²) < 4.78 is 7.32. The molecule has 0 atom stereocenters. The second-order valence-electron chi connectivity index (χ2n) is 6.24. The Morgan fingerprint density at radius 3 is 2.74 bits per heavy atom. The molecule has 1 saturated heterocycles. The Balaban J connectivity index is 1.36. The Labute approximate surface area is 135 Å². The molecule has 2 fully saturated rings. The average Bonchev–Trinajstić information content (AvgIpc) is 3.35. The van der Waals surface area contributed by atoms with Crippen molar-refractivity contribution in [1.29, 1.82) is 0 Å². The third kappa shape index (κ3) is 3.14. The van der Waals surface area contributed by atoms with E-state index in [0.717, 1.165) is 44.3 Å². The number of ether oxygens (including phenoxy) is 1. The van der Waals surface area contributed by atoms with Gasteiger partial charge in [0.2, 0.25) is 0 Å². The minimum absolute atomic E-state index is 0.540. The van der Waals surface area contributed by atoms with Crippen LogP contribution >= 0.6 is 0 Å². The van der Waals surface area contributed by atoms with Gasteiger partial charge in [-0.05, 0) is 35.4 Å². The molecule has 2 heterocycles. The Morgan fingerprint density at radius 2 is 2.00 bits per heavy atom. The largest absolute Gasteiger partial charge is 0.497 e. The highest BCUT2D eigenvalue weighted by atomic mass is 16.5. The number of piperazine rings is 1. The molecule has 0 amide bonds. The standard InChI is InChI=1S/C16H22N6O/c1-23-15-4-2-3-14(11-15)21-9-7-20(8-10-21)12-16-17-18-19-22(16)13-5-6-13/h2-4,11,13H,5-10,12H2,1H3. The predicted octanol–water partition coefficient (Wildman–Crippen LogP) is 1.34. The van der Waals surface area contributed by atoms with Gasteiger partial charge in [0.1, 0.15) is 5.75 Å². The molecule has 0 radical (unpaired) electrons. The number of rotatable bonds is 5. The number of methoxy groups -OCH3 is 1. The van der Waals surface area contributed by atoms with Gasteiger partial charge in [0, 0.05) is 37.9 Å². The Kier molecular flexibility index (Phi) is 3.87. The lowest BCUT2D eigenvalue weighted by atomic mass is 10.2. The first-order chi connectivity index (χ1) is 11.3. The molecular formula is C16H22N6O. The summed E-state index contributed by atoms with van der Waals surface area (Å²) in [6, 6.07) is 8.81. The van der Waals surface area contributed by atoms with E-state index in [1.54, 1.807) is 7.11 Å². The minimum atomic E-state index is 0.540. The molecule has 0 unspecified atom stereocenters. The SMILES string of the molecule is COc1cccc(N2CCN(Cc3nnnn3C3CC3)CC2)c1. The van der Waals surface area contributed by atoms with Gasteiger partial charge in [0.15, 0.2) is 5.82 Å². The number of aromatic nitrogens is 4. The van der Waals surface area contributed by atoms with Crippen LogP contribution in [0.3, 0.4) is 0 Å². The molecule has 0 spiro atoms. The van der Waals surface area contributed by atoms with Crippen molar-refractivity contribution in [2.24, 2.45) is 0 Å². The van der Waals surface area contributed by atoms with E-state index in [-0.39, 0.29) is 0 Å². The molecule has 7 nitrogen and oxygen atoms in total. The van der Waals surface area contributed by atoms with E-state index in [4.69, 9.17) is 4.74 Å². The highest BCUT2D eigenvalue weighted by molar-refractivity contribution is 5.51. The number of anilines is 1. The van der Waals surface area contributed by atoms with Crippen LogP contribution in [0, 0.1) is 0 Å². The van der Waals surface area contributed by atoms with Crippen molar-refractivity contribution in [3.05, 3.63) is 30.1 Å². The maximum Gasteiger partial charge on any atom is 0.165 e. The molecule has 0 N–H and O–H groups in total. The molecule has 1 aromatic heterocycles. The number of nitrogens with zero attached hydrogens (tertiary/aromatic N) is 6. The van der Waals surface area contributed by atoms with Gasteiger partial charge in [-0.1, -0.05) is 6.07 Å². The summed E-state index contributed by atoms with van der Waals surface area (Å²) in [6.07, 6.45) is 2.42. The van der Waals surface area contributed by atoms with Gasteiger partial charge >= 0.3 is 0 Å². The van der Waals surface area contributed by atoms with Crippen LogP contribution in [-0.2, 0) is 6.54 Å². The number of hydrogen-bond donors (Lipinski definition) is 0. The minimum Gasteiger partial charge on any atom is -0.497 e. The van der Waals surface area contributed by atoms with E-state index >= 15 is 0 Å². The lowest BCUT2D eigenvalue weighted by Gasteiger charge is -2.35. The highest BCUT2D eigenvalue weighted by Gasteiger charge is 2.28. The van der Waals surface area contributed by atoms with Crippen molar-refractivity contribution in [2.45, 2.75) is 25.4 Å². The second-order valence-corrected chi connectivity index (χ2v) is 6.24. The summed E-state index contributed by atoms with van der Waals surface area (Å²) in [4.78, 5) is 4.84. The van der Waals surface area contributed by atoms with Crippen LogP contribution in [0.15, 0.2) is 24.3 Å². The van der Waals surface area contributed by atoms with E-state index < -0.39 is 0 Å². The van der Waals surface area contributed by atoms with Crippen LogP contribution in [0.1, 0.15) is 24.7 Å². The Bertz CT molecular complexity index is 660. The zero-order chi connectivity index (χ0) is 15.6. The molecular weight excluding hydrogens is 292 g/mol. The molecule has 1 aromatic carbocycles. The normalized spacial score (nSPS) is 19.1. The first-order valence-corrected chi connectivity index (χ1v) is 8.21. The fourth-order valence-corrected chi connectivity index (χ4v) is 3.09. The van der Waals surface area contributed by atoms with Crippen molar-refractivity contribution in [3.8, 4) is 5.75 Å². The van der Waals surface area contributed by atoms with Gasteiger partial charge in [-0.3, -0.25) is 4.90 Å². The number of tetrazole rings is 1. The molecule has 2 aromatic rings. The molecule has 1 saturated carbocycles. The first-order valence-electron chi connectivity index (χ1n) is 8.21. The predicted molar refractivity (Wildman–Crippen MR) is 86.6 cm³/mol. The van der Waals surface area contributed by atoms with Gasteiger partial charge in [-0.2, -0.15) is 0 Å². The molecule has 7 heteroatoms. The van der Waals surface area contributed by atoms with Crippen molar-refractivity contribution >= 4 is 5.69 Å². The first kappa shape index (κ1) is 14.4. The quantitative estimate of drug-likeness (QED) is 0.830. The van der Waals surface area contributed by atoms with Crippen LogP contribution < -0.4 is 9.64 Å². The molecule has 122 valence electrons. The van der Waals surface area contributed by atoms with Gasteiger partial charge in [0.05, 0.1) is 19.7 Å². The van der Waals surface area contributed by atoms with Crippen molar-refractivity contribution in [1.82, 2.24) is 25.1 Å². The monoisotopic (exact) mass is 314 g/mol. The third-order valence-electron chi connectivity index (χ3n) is 4.61. The number of benzene rings is 1. The average molecular weight is 314 g/mol. The van der Waals surface area contributed by atoms with E-state index in [9.17, 15) is 0 Å². The fraction of sp³-hybridized carbons (Fsp3) is 0.562. The van der Waals surface area contributed by atoms with Crippen LogP contribution in [-0.4, -0.2) is 58.4 Å². The fourth-order valence-electron chi connectivity index (χ4n) is 3.09. The summed E-state index contributed by atoms with van der Waals surface area (Å²) in [5, 5.41) is 12.2. The van der Waals surface area contributed by atoms with Gasteiger partial charge in [-0.25, -0.2) is 4.68 Å². The molecule has 23 heavy (non-hydrogen) atoms. The van der Waals surface area contributed by atoms with E-state index in [0.29, 0.717) is 6.04 Å². The summed E-state index contributed by atoms with van der Waals surface area (Å²) >= 11 is 0. The second kappa shape index (κ2) is 6.16. The Morgan fingerprint density at radius 1 is 1.17 bits per heavy atom. The molecule has 4 rings (SSSR count). The van der Waals surface area contributed by atoms with E-state index in [1.807, 2.05) is 16.8 Å². The van der Waals surface area contributed by atoms with Gasteiger partial charge < -0.3 is 9.64 Å². The van der Waals surface area contributed by atoms with E-state index in [1.165, 1.54) is 18.5 Å². The smallest absolute Gasteiger partial charge is 0.165 e.